The van der Waals surface area contributed by atoms with Crippen LogP contribution in [0, 0.1) is 0 Å². The number of benzene rings is 1. The fraction of sp³-hybridized carbons (Fsp3) is 0.357. The molecule has 0 unspecified atom stereocenters. The van der Waals surface area contributed by atoms with Gasteiger partial charge in [0.25, 0.3) is 0 Å². The Bertz CT molecular complexity index is 416. The monoisotopic (exact) mass is 247 g/mol. The Morgan fingerprint density at radius 2 is 2.22 bits per heavy atom. The highest BCUT2D eigenvalue weighted by Crippen LogP contribution is 2.17. The van der Waals surface area contributed by atoms with E-state index < -0.39 is 0 Å². The lowest BCUT2D eigenvalue weighted by Gasteiger charge is -2.16. The molecule has 18 heavy (non-hydrogen) atoms. The van der Waals surface area contributed by atoms with Gasteiger partial charge in [-0.05, 0) is 18.9 Å². The minimum absolute atomic E-state index is 0.0385. The highest BCUT2D eigenvalue weighted by atomic mass is 16.6. The molecule has 1 amide bonds. The van der Waals surface area contributed by atoms with Crippen molar-refractivity contribution in [3.8, 4) is 0 Å². The highest BCUT2D eigenvalue weighted by Gasteiger charge is 2.31. The van der Waals surface area contributed by atoms with Crippen molar-refractivity contribution < 1.29 is 14.3 Å². The first kappa shape index (κ1) is 12.5. The molecule has 1 fully saturated rings. The van der Waals surface area contributed by atoms with Crippen LogP contribution in [0.25, 0.3) is 0 Å². The van der Waals surface area contributed by atoms with Crippen molar-refractivity contribution in [3.05, 3.63) is 48.4 Å². The quantitative estimate of drug-likeness (QED) is 0.751. The number of carbonyl (C=O) groups is 1. The Labute approximate surface area is 107 Å². The first-order chi connectivity index (χ1) is 8.81. The summed E-state index contributed by atoms with van der Waals surface area (Å²) in [5.41, 5.74) is 1.19. The summed E-state index contributed by atoms with van der Waals surface area (Å²) in [6, 6.07) is 10.1. The summed E-state index contributed by atoms with van der Waals surface area (Å²) in [4.78, 5) is 13.2. The van der Waals surface area contributed by atoms with Crippen LogP contribution in [0.2, 0.25) is 0 Å². The fourth-order valence-corrected chi connectivity index (χ4v) is 1.90. The smallest absolute Gasteiger partial charge is 0.414 e. The molecule has 0 radical (unpaired) electrons. The van der Waals surface area contributed by atoms with E-state index >= 15 is 0 Å². The van der Waals surface area contributed by atoms with Gasteiger partial charge in [0.2, 0.25) is 0 Å². The summed E-state index contributed by atoms with van der Waals surface area (Å²) in [5.74, 6) is 0. The van der Waals surface area contributed by atoms with Crippen LogP contribution in [0.1, 0.15) is 12.5 Å². The molecule has 1 atom stereocenters. The van der Waals surface area contributed by atoms with Gasteiger partial charge in [0.15, 0.2) is 0 Å². The van der Waals surface area contributed by atoms with E-state index in [9.17, 15) is 4.79 Å². The van der Waals surface area contributed by atoms with Crippen LogP contribution < -0.4 is 0 Å². The molecular formula is C14H17NO3. The summed E-state index contributed by atoms with van der Waals surface area (Å²) in [6.07, 6.45) is 3.65. The van der Waals surface area contributed by atoms with Gasteiger partial charge in [-0.3, -0.25) is 4.90 Å². The molecular weight excluding hydrogens is 230 g/mol. The molecule has 1 aliphatic rings. The van der Waals surface area contributed by atoms with Gasteiger partial charge in [-0.1, -0.05) is 30.3 Å². The van der Waals surface area contributed by atoms with E-state index in [1.807, 2.05) is 37.3 Å². The van der Waals surface area contributed by atoms with E-state index in [-0.39, 0.29) is 12.1 Å². The van der Waals surface area contributed by atoms with Crippen molar-refractivity contribution in [2.24, 2.45) is 0 Å². The SMILES string of the molecule is CCOC=CN1C(=O)OC[C@@H]1Cc1ccccc1. The van der Waals surface area contributed by atoms with Crippen LogP contribution in [0.5, 0.6) is 0 Å². The molecule has 1 saturated heterocycles. The summed E-state index contributed by atoms with van der Waals surface area (Å²) >= 11 is 0. The van der Waals surface area contributed by atoms with Gasteiger partial charge in [0, 0.05) is 6.20 Å². The molecule has 1 aromatic carbocycles. The maximum atomic E-state index is 11.6. The van der Waals surface area contributed by atoms with Crippen LogP contribution in [0.4, 0.5) is 4.79 Å². The lowest BCUT2D eigenvalue weighted by molar-refractivity contribution is 0.165. The molecule has 0 saturated carbocycles. The Kier molecular flexibility index (Phi) is 4.23. The topological polar surface area (TPSA) is 38.8 Å². The van der Waals surface area contributed by atoms with Gasteiger partial charge in [-0.15, -0.1) is 0 Å². The molecule has 4 nitrogen and oxygen atoms in total. The van der Waals surface area contributed by atoms with Crippen LogP contribution in [-0.4, -0.2) is 30.2 Å². The Hall–Kier alpha value is -1.97. The molecule has 1 heterocycles. The third-order valence-corrected chi connectivity index (χ3v) is 2.80. The van der Waals surface area contributed by atoms with Crippen molar-refractivity contribution in [3.63, 3.8) is 0 Å². The molecule has 1 aliphatic heterocycles. The predicted octanol–water partition coefficient (Wildman–Crippen LogP) is 2.56. The van der Waals surface area contributed by atoms with Gasteiger partial charge >= 0.3 is 6.09 Å². The van der Waals surface area contributed by atoms with Gasteiger partial charge < -0.3 is 9.47 Å². The van der Waals surface area contributed by atoms with E-state index in [4.69, 9.17) is 9.47 Å². The number of nitrogens with zero attached hydrogens (tertiary/aromatic N) is 1. The van der Waals surface area contributed by atoms with Crippen molar-refractivity contribution in [2.75, 3.05) is 13.2 Å². The molecule has 0 aliphatic carbocycles. The van der Waals surface area contributed by atoms with E-state index in [1.165, 1.54) is 11.8 Å². The Morgan fingerprint density at radius 1 is 1.44 bits per heavy atom. The zero-order chi connectivity index (χ0) is 12.8. The van der Waals surface area contributed by atoms with E-state index in [0.717, 1.165) is 6.42 Å². The maximum Gasteiger partial charge on any atom is 0.414 e. The number of amides is 1. The van der Waals surface area contributed by atoms with E-state index in [2.05, 4.69) is 0 Å². The minimum Gasteiger partial charge on any atom is -0.500 e. The lowest BCUT2D eigenvalue weighted by Crippen LogP contribution is -2.30. The average Bonchev–Trinajstić information content (AvgIpc) is 2.73. The second-order valence-electron chi connectivity index (χ2n) is 4.07. The number of cyclic esters (lactones) is 1. The first-order valence-corrected chi connectivity index (χ1v) is 6.08. The van der Waals surface area contributed by atoms with Crippen LogP contribution in [-0.2, 0) is 15.9 Å². The number of hydrogen-bond acceptors (Lipinski definition) is 3. The molecule has 1 aromatic rings. The molecule has 0 spiro atoms. The summed E-state index contributed by atoms with van der Waals surface area (Å²) < 4.78 is 10.2. The normalized spacial score (nSPS) is 19.3. The summed E-state index contributed by atoms with van der Waals surface area (Å²) in [6.45, 7) is 2.90. The van der Waals surface area contributed by atoms with Crippen molar-refractivity contribution in [2.45, 2.75) is 19.4 Å². The minimum atomic E-state index is -0.313. The summed E-state index contributed by atoms with van der Waals surface area (Å²) in [7, 11) is 0. The van der Waals surface area contributed by atoms with Crippen molar-refractivity contribution in [1.29, 1.82) is 0 Å². The molecule has 4 heteroatoms. The first-order valence-electron chi connectivity index (χ1n) is 6.08. The lowest BCUT2D eigenvalue weighted by atomic mass is 10.1. The van der Waals surface area contributed by atoms with Gasteiger partial charge in [0.1, 0.15) is 6.61 Å². The third-order valence-electron chi connectivity index (χ3n) is 2.80. The molecule has 0 N–H and O–H groups in total. The number of ether oxygens (including phenoxy) is 2. The van der Waals surface area contributed by atoms with Crippen LogP contribution in [0.3, 0.4) is 0 Å². The van der Waals surface area contributed by atoms with Gasteiger partial charge in [-0.2, -0.15) is 0 Å². The second-order valence-corrected chi connectivity index (χ2v) is 4.07. The zero-order valence-electron chi connectivity index (χ0n) is 10.4. The van der Waals surface area contributed by atoms with Crippen LogP contribution in [0.15, 0.2) is 42.8 Å². The number of hydrogen-bond donors (Lipinski definition) is 0. The largest absolute Gasteiger partial charge is 0.500 e. The van der Waals surface area contributed by atoms with Gasteiger partial charge in [0.05, 0.1) is 18.9 Å². The predicted molar refractivity (Wildman–Crippen MR) is 67.9 cm³/mol. The number of carbonyl (C=O) groups excluding carboxylic acids is 1. The molecule has 0 aromatic heterocycles. The second kappa shape index (κ2) is 6.10. The zero-order valence-corrected chi connectivity index (χ0v) is 10.4. The third kappa shape index (κ3) is 3.03. The van der Waals surface area contributed by atoms with Gasteiger partial charge in [-0.25, -0.2) is 4.79 Å². The highest BCUT2D eigenvalue weighted by molar-refractivity contribution is 5.71. The average molecular weight is 247 g/mol. The Morgan fingerprint density at radius 3 is 2.94 bits per heavy atom. The van der Waals surface area contributed by atoms with Crippen LogP contribution >= 0.6 is 0 Å². The van der Waals surface area contributed by atoms with E-state index in [0.29, 0.717) is 13.2 Å². The Balaban J connectivity index is 2.00. The van der Waals surface area contributed by atoms with Crippen molar-refractivity contribution >= 4 is 6.09 Å². The van der Waals surface area contributed by atoms with Crippen molar-refractivity contribution in [1.82, 2.24) is 4.90 Å². The molecule has 0 bridgehead atoms. The molecule has 2 rings (SSSR count). The standard InChI is InChI=1S/C14H17NO3/c1-2-17-9-8-15-13(11-18-14(15)16)10-12-6-4-3-5-7-12/h3-9,13H,2,10-11H2,1H3/t13-/m0/s1. The molecule has 96 valence electrons. The number of rotatable bonds is 5. The maximum absolute atomic E-state index is 11.6. The van der Waals surface area contributed by atoms with E-state index in [1.54, 1.807) is 11.1 Å². The fourth-order valence-electron chi connectivity index (χ4n) is 1.90. The summed E-state index contributed by atoms with van der Waals surface area (Å²) in [5, 5.41) is 0.